The predicted molar refractivity (Wildman–Crippen MR) is 164 cm³/mol. The van der Waals surface area contributed by atoms with Gasteiger partial charge in [-0.2, -0.15) is 0 Å². The molecule has 0 amide bonds. The van der Waals surface area contributed by atoms with Crippen LogP contribution in [0.4, 0.5) is 0 Å². The third-order valence-corrected chi connectivity index (χ3v) is 9.53. The average Bonchev–Trinajstić information content (AvgIpc) is 3.68. The number of thiophene rings is 1. The van der Waals surface area contributed by atoms with Gasteiger partial charge in [-0.1, -0.05) is 72.8 Å². The van der Waals surface area contributed by atoms with Crippen molar-refractivity contribution in [2.75, 3.05) is 0 Å². The van der Waals surface area contributed by atoms with E-state index < -0.39 is 0 Å². The zero-order valence-corrected chi connectivity index (χ0v) is 21.8. The first-order valence-corrected chi connectivity index (χ1v) is 14.2. The second-order valence-electron chi connectivity index (χ2n) is 10.4. The molecule has 0 saturated carbocycles. The van der Waals surface area contributed by atoms with E-state index in [1.165, 1.54) is 42.3 Å². The molecule has 184 valence electrons. The van der Waals surface area contributed by atoms with Crippen LogP contribution in [-0.2, 0) is 0 Å². The van der Waals surface area contributed by atoms with Crippen LogP contribution in [0.1, 0.15) is 16.4 Å². The summed E-state index contributed by atoms with van der Waals surface area (Å²) < 4.78 is 5.87. The van der Waals surface area contributed by atoms with E-state index in [9.17, 15) is 0 Å². The minimum Gasteiger partial charge on any atom is -0.309 e. The Hall–Kier alpha value is -4.67. The Morgan fingerprint density at radius 2 is 1.62 bits per heavy atom. The number of aromatic nitrogens is 3. The molecule has 3 aromatic carbocycles. The predicted octanol–water partition coefficient (Wildman–Crippen LogP) is 9.17. The molecule has 2 unspecified atom stereocenters. The van der Waals surface area contributed by atoms with Gasteiger partial charge in [-0.05, 0) is 53.4 Å². The highest BCUT2D eigenvalue weighted by Crippen LogP contribution is 2.49. The first-order valence-electron chi connectivity index (χ1n) is 13.4. The van der Waals surface area contributed by atoms with Crippen LogP contribution in [0.25, 0.3) is 60.6 Å². The smallest absolute Gasteiger partial charge is 0.137 e. The molecule has 0 spiro atoms. The van der Waals surface area contributed by atoms with Crippen molar-refractivity contribution in [1.82, 2.24) is 14.0 Å². The molecular formula is C35H23N3S. The van der Waals surface area contributed by atoms with E-state index in [1.54, 1.807) is 0 Å². The maximum atomic E-state index is 4.81. The third kappa shape index (κ3) is 3.01. The number of allylic oxidation sites excluding steroid dienone is 5. The van der Waals surface area contributed by atoms with Gasteiger partial charge in [0, 0.05) is 55.8 Å². The summed E-state index contributed by atoms with van der Waals surface area (Å²) in [5.41, 5.74) is 8.20. The number of rotatable bonds is 2. The number of para-hydroxylation sites is 1. The lowest BCUT2D eigenvalue weighted by Crippen LogP contribution is -2.11. The van der Waals surface area contributed by atoms with Crippen molar-refractivity contribution in [3.63, 3.8) is 0 Å². The molecule has 2 atom stereocenters. The van der Waals surface area contributed by atoms with E-state index in [4.69, 9.17) is 4.98 Å². The first kappa shape index (κ1) is 21.3. The van der Waals surface area contributed by atoms with Gasteiger partial charge >= 0.3 is 0 Å². The van der Waals surface area contributed by atoms with Crippen LogP contribution in [0.15, 0.2) is 122 Å². The summed E-state index contributed by atoms with van der Waals surface area (Å²) in [4.78, 5) is 6.21. The Morgan fingerprint density at radius 3 is 2.54 bits per heavy atom. The molecule has 0 saturated heterocycles. The largest absolute Gasteiger partial charge is 0.309 e. The van der Waals surface area contributed by atoms with Crippen LogP contribution in [-0.4, -0.2) is 14.0 Å². The van der Waals surface area contributed by atoms with Crippen LogP contribution in [0.3, 0.4) is 0 Å². The summed E-state index contributed by atoms with van der Waals surface area (Å²) in [5, 5.41) is 4.06. The van der Waals surface area contributed by atoms with E-state index in [1.807, 2.05) is 35.7 Å². The fraction of sp³-hybridized carbons (Fsp3) is 0.0571. The maximum Gasteiger partial charge on any atom is 0.137 e. The second kappa shape index (κ2) is 7.92. The topological polar surface area (TPSA) is 22.2 Å². The van der Waals surface area contributed by atoms with Gasteiger partial charge in [0.15, 0.2) is 0 Å². The molecule has 4 heterocycles. The Bertz CT molecular complexity index is 2150. The van der Waals surface area contributed by atoms with E-state index in [0.29, 0.717) is 11.8 Å². The molecule has 2 aliphatic rings. The quantitative estimate of drug-likeness (QED) is 0.224. The molecule has 0 bridgehead atoms. The molecule has 2 aliphatic carbocycles. The number of fused-ring (bicyclic) bond motifs is 10. The zero-order valence-electron chi connectivity index (χ0n) is 21.0. The van der Waals surface area contributed by atoms with Gasteiger partial charge in [0.1, 0.15) is 5.65 Å². The fourth-order valence-corrected chi connectivity index (χ4v) is 7.87. The molecule has 0 fully saturated rings. The van der Waals surface area contributed by atoms with Gasteiger partial charge < -0.3 is 8.97 Å². The van der Waals surface area contributed by atoms with E-state index >= 15 is 0 Å². The lowest BCUT2D eigenvalue weighted by Gasteiger charge is -2.25. The third-order valence-electron chi connectivity index (χ3n) is 8.32. The van der Waals surface area contributed by atoms with Gasteiger partial charge in [-0.25, -0.2) is 4.98 Å². The van der Waals surface area contributed by atoms with Gasteiger partial charge in [0.2, 0.25) is 0 Å². The molecule has 0 aliphatic heterocycles. The highest BCUT2D eigenvalue weighted by atomic mass is 32.1. The zero-order chi connectivity index (χ0) is 25.5. The Balaban J connectivity index is 1.25. The monoisotopic (exact) mass is 517 g/mol. The van der Waals surface area contributed by atoms with Crippen LogP contribution in [0, 0.1) is 5.92 Å². The molecule has 7 aromatic rings. The molecule has 0 radical (unpaired) electrons. The van der Waals surface area contributed by atoms with Crippen molar-refractivity contribution in [2.45, 2.75) is 5.92 Å². The molecule has 4 heteroatoms. The van der Waals surface area contributed by atoms with Crippen molar-refractivity contribution >= 4 is 55.0 Å². The summed E-state index contributed by atoms with van der Waals surface area (Å²) in [6.45, 7) is 0. The summed E-state index contributed by atoms with van der Waals surface area (Å²) in [6.07, 6.45) is 17.9. The highest BCUT2D eigenvalue weighted by Gasteiger charge is 2.29. The van der Waals surface area contributed by atoms with Crippen LogP contribution >= 0.6 is 11.3 Å². The van der Waals surface area contributed by atoms with Crippen molar-refractivity contribution in [3.8, 4) is 16.9 Å². The standard InChI is InChI=1S/C35H23N3S/c1-2-8-25-22(7-1)14-19-31-33(25)27-17-18-30-34(35(27)39-31)26-9-3-4-10-29(26)38(30)24-15-12-23(13-16-24)28-21-37-20-6-5-11-32(37)36-28/h1-22,25H. The van der Waals surface area contributed by atoms with Crippen LogP contribution in [0.5, 0.6) is 0 Å². The van der Waals surface area contributed by atoms with Gasteiger partial charge in [-0.3, -0.25) is 0 Å². The molecule has 3 nitrogen and oxygen atoms in total. The average molecular weight is 518 g/mol. The highest BCUT2D eigenvalue weighted by molar-refractivity contribution is 7.21. The Kier molecular flexibility index (Phi) is 4.32. The number of benzene rings is 3. The molecular weight excluding hydrogens is 494 g/mol. The number of imidazole rings is 1. The summed E-state index contributed by atoms with van der Waals surface area (Å²) in [6, 6.07) is 28.4. The number of pyridine rings is 1. The lowest BCUT2D eigenvalue weighted by atomic mass is 9.78. The van der Waals surface area contributed by atoms with Crippen molar-refractivity contribution in [1.29, 1.82) is 0 Å². The second-order valence-corrected chi connectivity index (χ2v) is 11.5. The van der Waals surface area contributed by atoms with Gasteiger partial charge in [0.05, 0.1) is 16.7 Å². The summed E-state index contributed by atoms with van der Waals surface area (Å²) >= 11 is 1.94. The van der Waals surface area contributed by atoms with Crippen LogP contribution in [0.2, 0.25) is 0 Å². The summed E-state index contributed by atoms with van der Waals surface area (Å²) in [7, 11) is 0. The minimum absolute atomic E-state index is 0.418. The fourth-order valence-electron chi connectivity index (χ4n) is 6.54. The minimum atomic E-state index is 0.418. The van der Waals surface area contributed by atoms with Crippen molar-refractivity contribution in [2.24, 2.45) is 5.92 Å². The molecule has 4 aromatic heterocycles. The molecule has 0 N–H and O–H groups in total. The number of nitrogens with zero attached hydrogens (tertiary/aromatic N) is 3. The van der Waals surface area contributed by atoms with Crippen molar-refractivity contribution < 1.29 is 0 Å². The van der Waals surface area contributed by atoms with E-state index in [0.717, 1.165) is 22.6 Å². The van der Waals surface area contributed by atoms with Gasteiger partial charge in [-0.15, -0.1) is 11.3 Å². The summed E-state index contributed by atoms with van der Waals surface area (Å²) in [5.74, 6) is 0.866. The first-order chi connectivity index (χ1) is 19.3. The Labute approximate surface area is 229 Å². The van der Waals surface area contributed by atoms with E-state index in [-0.39, 0.29) is 0 Å². The molecule has 9 rings (SSSR count). The number of hydrogen-bond acceptors (Lipinski definition) is 2. The maximum absolute atomic E-state index is 4.81. The Morgan fingerprint density at radius 1 is 0.744 bits per heavy atom. The number of hydrogen-bond donors (Lipinski definition) is 0. The van der Waals surface area contributed by atoms with Crippen LogP contribution < -0.4 is 0 Å². The van der Waals surface area contributed by atoms with Crippen molar-refractivity contribution in [3.05, 3.63) is 132 Å². The van der Waals surface area contributed by atoms with Gasteiger partial charge in [0.25, 0.3) is 0 Å². The lowest BCUT2D eigenvalue weighted by molar-refractivity contribution is 0.700. The normalized spacial score (nSPS) is 17.9. The SMILES string of the molecule is C1=CC2C=Cc3sc4c(ccc5c4c4ccccc4n5-c4ccc(-c5cn6ccccc6n5)cc4)c3C2C=C1. The van der Waals surface area contributed by atoms with E-state index in [2.05, 4.69) is 112 Å². The molecule has 39 heavy (non-hydrogen) atoms.